The number of ether oxygens (including phenoxy) is 1. The zero-order valence-corrected chi connectivity index (χ0v) is 8.04. The Morgan fingerprint density at radius 1 is 1.46 bits per heavy atom. The third kappa shape index (κ3) is 8.85. The molecular weight excluding hydrogens is 170 g/mol. The highest BCUT2D eigenvalue weighted by atomic mass is 16.5. The van der Waals surface area contributed by atoms with Gasteiger partial charge in [-0.1, -0.05) is 19.8 Å². The first-order valence-electron chi connectivity index (χ1n) is 4.64. The van der Waals surface area contributed by atoms with Crippen molar-refractivity contribution in [1.29, 1.82) is 0 Å². The van der Waals surface area contributed by atoms with Gasteiger partial charge in [0.25, 0.3) is 0 Å². The van der Waals surface area contributed by atoms with Gasteiger partial charge in [-0.25, -0.2) is 0 Å². The minimum Gasteiger partial charge on any atom is -0.466 e. The summed E-state index contributed by atoms with van der Waals surface area (Å²) in [5, 5.41) is 2.40. The molecule has 0 spiro atoms. The fourth-order valence-electron chi connectivity index (χ4n) is 0.843. The van der Waals surface area contributed by atoms with Crippen LogP contribution in [0.25, 0.3) is 0 Å². The molecule has 13 heavy (non-hydrogen) atoms. The summed E-state index contributed by atoms with van der Waals surface area (Å²) in [5.41, 5.74) is 0. The molecule has 0 bridgehead atoms. The molecule has 0 fully saturated rings. The van der Waals surface area contributed by atoms with E-state index in [-0.39, 0.29) is 12.4 Å². The smallest absolute Gasteiger partial charge is 0.307 e. The number of carbonyl (C=O) groups excluding carboxylic acids is 2. The van der Waals surface area contributed by atoms with Crippen LogP contribution < -0.4 is 5.32 Å². The van der Waals surface area contributed by atoms with Crippen LogP contribution in [0.2, 0.25) is 0 Å². The van der Waals surface area contributed by atoms with Crippen LogP contribution in [0.15, 0.2) is 0 Å². The fraction of sp³-hybridized carbons (Fsp3) is 0.778. The van der Waals surface area contributed by atoms with Gasteiger partial charge in [-0.15, -0.1) is 0 Å². The van der Waals surface area contributed by atoms with E-state index in [4.69, 9.17) is 4.74 Å². The summed E-state index contributed by atoms with van der Waals surface area (Å²) in [6.45, 7) is 2.94. The van der Waals surface area contributed by atoms with E-state index in [9.17, 15) is 9.59 Å². The molecule has 0 saturated heterocycles. The number of hydrogen-bond donors (Lipinski definition) is 1. The Morgan fingerprint density at radius 3 is 2.85 bits per heavy atom. The first-order valence-corrected chi connectivity index (χ1v) is 4.64. The van der Waals surface area contributed by atoms with E-state index in [0.717, 1.165) is 19.3 Å². The van der Waals surface area contributed by atoms with E-state index in [1.807, 2.05) is 0 Å². The van der Waals surface area contributed by atoms with E-state index in [0.29, 0.717) is 19.6 Å². The second-order valence-electron chi connectivity index (χ2n) is 2.75. The number of carbonyl (C=O) groups is 2. The lowest BCUT2D eigenvalue weighted by atomic mass is 10.3. The van der Waals surface area contributed by atoms with Crippen molar-refractivity contribution in [1.82, 2.24) is 5.32 Å². The van der Waals surface area contributed by atoms with E-state index in [2.05, 4.69) is 12.2 Å². The molecule has 0 aliphatic heterocycles. The van der Waals surface area contributed by atoms with Crippen molar-refractivity contribution in [3.8, 4) is 0 Å². The summed E-state index contributed by atoms with van der Waals surface area (Å²) in [5.74, 6) is -0.245. The van der Waals surface area contributed by atoms with E-state index in [1.54, 1.807) is 0 Å². The maximum atomic E-state index is 10.9. The topological polar surface area (TPSA) is 55.4 Å². The van der Waals surface area contributed by atoms with Crippen LogP contribution in [-0.2, 0) is 14.3 Å². The van der Waals surface area contributed by atoms with Crippen molar-refractivity contribution >= 4 is 12.4 Å². The number of unbranched alkanes of at least 4 members (excludes halogenated alkanes) is 2. The molecule has 0 saturated carbocycles. The second-order valence-corrected chi connectivity index (χ2v) is 2.75. The molecule has 0 rings (SSSR count). The van der Waals surface area contributed by atoms with Crippen molar-refractivity contribution in [2.75, 3.05) is 13.2 Å². The Kier molecular flexibility index (Phi) is 8.30. The minimum absolute atomic E-state index is 0.245. The predicted molar refractivity (Wildman–Crippen MR) is 49.2 cm³/mol. The van der Waals surface area contributed by atoms with Gasteiger partial charge < -0.3 is 10.1 Å². The summed E-state index contributed by atoms with van der Waals surface area (Å²) in [7, 11) is 0. The molecule has 4 nitrogen and oxygen atoms in total. The first kappa shape index (κ1) is 11.9. The monoisotopic (exact) mass is 187 g/mol. The molecular formula is C9H17NO3. The molecule has 0 aliphatic rings. The Labute approximate surface area is 78.6 Å². The van der Waals surface area contributed by atoms with Gasteiger partial charge in [0, 0.05) is 6.54 Å². The van der Waals surface area contributed by atoms with Crippen molar-refractivity contribution in [3.05, 3.63) is 0 Å². The molecule has 0 aromatic heterocycles. The molecule has 0 aromatic rings. The van der Waals surface area contributed by atoms with Gasteiger partial charge in [0.05, 0.1) is 13.0 Å². The quantitative estimate of drug-likeness (QED) is 0.348. The standard InChI is InChI=1S/C9H17NO3/c1-2-3-4-7-13-9(12)5-6-10-8-11/h8H,2-7H2,1H3,(H,10,11). The lowest BCUT2D eigenvalue weighted by Crippen LogP contribution is -2.17. The third-order valence-corrected chi connectivity index (χ3v) is 1.57. The van der Waals surface area contributed by atoms with E-state index >= 15 is 0 Å². The average Bonchev–Trinajstić information content (AvgIpc) is 2.13. The van der Waals surface area contributed by atoms with Crippen molar-refractivity contribution in [2.24, 2.45) is 0 Å². The molecule has 4 heteroatoms. The van der Waals surface area contributed by atoms with Gasteiger partial charge in [-0.05, 0) is 6.42 Å². The van der Waals surface area contributed by atoms with Gasteiger partial charge in [-0.3, -0.25) is 9.59 Å². The summed E-state index contributed by atoms with van der Waals surface area (Å²) in [6, 6.07) is 0. The summed E-state index contributed by atoms with van der Waals surface area (Å²) in [4.78, 5) is 20.7. The van der Waals surface area contributed by atoms with Crippen molar-refractivity contribution in [2.45, 2.75) is 32.6 Å². The summed E-state index contributed by atoms with van der Waals surface area (Å²) in [6.07, 6.45) is 3.95. The largest absolute Gasteiger partial charge is 0.466 e. The number of esters is 1. The van der Waals surface area contributed by atoms with Gasteiger partial charge >= 0.3 is 5.97 Å². The summed E-state index contributed by atoms with van der Waals surface area (Å²) >= 11 is 0. The van der Waals surface area contributed by atoms with E-state index in [1.165, 1.54) is 0 Å². The molecule has 1 N–H and O–H groups in total. The third-order valence-electron chi connectivity index (χ3n) is 1.57. The molecule has 0 heterocycles. The highest BCUT2D eigenvalue weighted by Gasteiger charge is 2.00. The zero-order valence-electron chi connectivity index (χ0n) is 8.04. The molecule has 0 atom stereocenters. The Hall–Kier alpha value is -1.06. The van der Waals surface area contributed by atoms with Gasteiger partial charge in [0.1, 0.15) is 0 Å². The molecule has 0 aliphatic carbocycles. The Balaban J connectivity index is 3.15. The number of hydrogen-bond acceptors (Lipinski definition) is 3. The molecule has 0 unspecified atom stereocenters. The lowest BCUT2D eigenvalue weighted by Gasteiger charge is -2.03. The molecule has 0 aromatic carbocycles. The Bertz CT molecular complexity index is 148. The maximum absolute atomic E-state index is 10.9. The van der Waals surface area contributed by atoms with Crippen molar-refractivity contribution in [3.63, 3.8) is 0 Å². The van der Waals surface area contributed by atoms with Crippen LogP contribution in [-0.4, -0.2) is 25.5 Å². The van der Waals surface area contributed by atoms with E-state index < -0.39 is 0 Å². The number of amides is 1. The normalized spacial score (nSPS) is 9.31. The van der Waals surface area contributed by atoms with Crippen LogP contribution in [0.1, 0.15) is 32.6 Å². The highest BCUT2D eigenvalue weighted by Crippen LogP contribution is 1.95. The van der Waals surface area contributed by atoms with Gasteiger partial charge in [0.2, 0.25) is 6.41 Å². The SMILES string of the molecule is CCCCCOC(=O)CCNC=O. The second kappa shape index (κ2) is 9.03. The van der Waals surface area contributed by atoms with Gasteiger partial charge in [-0.2, -0.15) is 0 Å². The molecule has 1 amide bonds. The molecule has 76 valence electrons. The highest BCUT2D eigenvalue weighted by molar-refractivity contribution is 5.69. The predicted octanol–water partition coefficient (Wildman–Crippen LogP) is 0.856. The first-order chi connectivity index (χ1) is 6.31. The summed E-state index contributed by atoms with van der Waals surface area (Å²) < 4.78 is 4.90. The van der Waals surface area contributed by atoms with Crippen LogP contribution in [0.5, 0.6) is 0 Å². The minimum atomic E-state index is -0.245. The number of nitrogens with one attached hydrogen (secondary N) is 1. The van der Waals surface area contributed by atoms with Crippen molar-refractivity contribution < 1.29 is 14.3 Å². The average molecular weight is 187 g/mol. The van der Waals surface area contributed by atoms with Gasteiger partial charge in [0.15, 0.2) is 0 Å². The van der Waals surface area contributed by atoms with Crippen LogP contribution >= 0.6 is 0 Å². The lowest BCUT2D eigenvalue weighted by molar-refractivity contribution is -0.143. The van der Waals surface area contributed by atoms with Crippen LogP contribution in [0.4, 0.5) is 0 Å². The van der Waals surface area contributed by atoms with Crippen LogP contribution in [0, 0.1) is 0 Å². The maximum Gasteiger partial charge on any atom is 0.307 e. The fourth-order valence-corrected chi connectivity index (χ4v) is 0.843. The number of rotatable bonds is 8. The van der Waals surface area contributed by atoms with Crippen LogP contribution in [0.3, 0.4) is 0 Å². The zero-order chi connectivity index (χ0) is 9.94. The Morgan fingerprint density at radius 2 is 2.23 bits per heavy atom. The molecule has 0 radical (unpaired) electrons.